The fourth-order valence-electron chi connectivity index (χ4n) is 3.61. The monoisotopic (exact) mass is 450 g/mol. The topological polar surface area (TPSA) is 88.4 Å². The van der Waals surface area contributed by atoms with Crippen molar-refractivity contribution in [3.8, 4) is 6.07 Å². The van der Waals surface area contributed by atoms with Crippen LogP contribution < -0.4 is 5.32 Å². The Morgan fingerprint density at radius 2 is 1.72 bits per heavy atom. The SMILES string of the molecule is CC1=C(C(=O)OCc2ccccc2)C(c2cccc(Cl)c2)C(C(=O)OC(C)C#N)=C(C)N1. The molecule has 1 N–H and O–H groups in total. The summed E-state index contributed by atoms with van der Waals surface area (Å²) in [5, 5.41) is 12.6. The fraction of sp³-hybridized carbons (Fsp3) is 0.240. The van der Waals surface area contributed by atoms with Gasteiger partial charge < -0.3 is 14.8 Å². The van der Waals surface area contributed by atoms with Crippen LogP contribution in [0, 0.1) is 11.3 Å². The lowest BCUT2D eigenvalue weighted by atomic mass is 9.80. The molecule has 7 heteroatoms. The van der Waals surface area contributed by atoms with Crippen LogP contribution in [0.25, 0.3) is 0 Å². The Morgan fingerprint density at radius 3 is 2.34 bits per heavy atom. The smallest absolute Gasteiger partial charge is 0.338 e. The number of esters is 2. The molecule has 164 valence electrons. The van der Waals surface area contributed by atoms with Gasteiger partial charge in [0.15, 0.2) is 6.10 Å². The Morgan fingerprint density at radius 1 is 1.06 bits per heavy atom. The molecule has 3 rings (SSSR count). The summed E-state index contributed by atoms with van der Waals surface area (Å²) in [6.07, 6.45) is -0.941. The van der Waals surface area contributed by atoms with Gasteiger partial charge >= 0.3 is 11.9 Å². The van der Waals surface area contributed by atoms with E-state index in [1.165, 1.54) is 6.92 Å². The molecule has 2 unspecified atom stereocenters. The van der Waals surface area contributed by atoms with Crippen LogP contribution in [-0.4, -0.2) is 18.0 Å². The summed E-state index contributed by atoms with van der Waals surface area (Å²) in [7, 11) is 0. The molecule has 1 heterocycles. The number of benzene rings is 2. The summed E-state index contributed by atoms with van der Waals surface area (Å²) in [6, 6.07) is 18.2. The lowest BCUT2D eigenvalue weighted by molar-refractivity contribution is -0.142. The van der Waals surface area contributed by atoms with Crippen LogP contribution in [0.15, 0.2) is 77.1 Å². The summed E-state index contributed by atoms with van der Waals surface area (Å²) >= 11 is 6.22. The first kappa shape index (κ1) is 23.1. The standard InChI is InChI=1S/C25H23ClN2O4/c1-15(13-27)32-25(30)22-17(3)28-16(2)21(23(22)19-10-7-11-20(26)12-19)24(29)31-14-18-8-5-4-6-9-18/h4-12,15,23,28H,14H2,1-3H3. The normalized spacial score (nSPS) is 16.7. The van der Waals surface area contributed by atoms with Crippen LogP contribution in [0.5, 0.6) is 0 Å². The zero-order valence-corrected chi connectivity index (χ0v) is 18.8. The number of nitrogens with zero attached hydrogens (tertiary/aromatic N) is 1. The number of dihydropyridines is 1. The highest BCUT2D eigenvalue weighted by atomic mass is 35.5. The van der Waals surface area contributed by atoms with Crippen molar-refractivity contribution in [3.05, 3.63) is 93.3 Å². The minimum Gasteiger partial charge on any atom is -0.457 e. The van der Waals surface area contributed by atoms with Crippen molar-refractivity contribution >= 4 is 23.5 Å². The zero-order chi connectivity index (χ0) is 23.3. The third-order valence-electron chi connectivity index (χ3n) is 5.06. The average Bonchev–Trinajstić information content (AvgIpc) is 2.77. The van der Waals surface area contributed by atoms with Crippen LogP contribution in [0.1, 0.15) is 37.8 Å². The summed E-state index contributed by atoms with van der Waals surface area (Å²) in [4.78, 5) is 26.2. The molecule has 0 aromatic heterocycles. The molecule has 0 saturated heterocycles. The second-order valence-electron chi connectivity index (χ2n) is 7.43. The second-order valence-corrected chi connectivity index (χ2v) is 7.87. The summed E-state index contributed by atoms with van der Waals surface area (Å²) in [5.41, 5.74) is 3.09. The average molecular weight is 451 g/mol. The van der Waals surface area contributed by atoms with Crippen LogP contribution in [0.2, 0.25) is 5.02 Å². The molecule has 0 radical (unpaired) electrons. The van der Waals surface area contributed by atoms with Crippen LogP contribution in [-0.2, 0) is 25.7 Å². The molecular weight excluding hydrogens is 428 g/mol. The lowest BCUT2D eigenvalue weighted by Crippen LogP contribution is -2.33. The third kappa shape index (κ3) is 5.19. The number of carbonyl (C=O) groups is 2. The number of ether oxygens (including phenoxy) is 2. The highest BCUT2D eigenvalue weighted by Gasteiger charge is 2.38. The molecule has 6 nitrogen and oxygen atoms in total. The molecule has 1 aliphatic heterocycles. The Labute approximate surface area is 192 Å². The quantitative estimate of drug-likeness (QED) is 0.637. The van der Waals surface area contributed by atoms with Crippen molar-refractivity contribution in [2.75, 3.05) is 0 Å². The third-order valence-corrected chi connectivity index (χ3v) is 5.30. The maximum absolute atomic E-state index is 13.2. The van der Waals surface area contributed by atoms with Gasteiger partial charge in [-0.1, -0.05) is 54.1 Å². The minimum absolute atomic E-state index is 0.0899. The van der Waals surface area contributed by atoms with Crippen LogP contribution in [0.4, 0.5) is 0 Å². The molecule has 0 saturated carbocycles. The van der Waals surface area contributed by atoms with Gasteiger partial charge in [-0.05, 0) is 44.0 Å². The van der Waals surface area contributed by atoms with E-state index in [-0.39, 0.29) is 17.8 Å². The highest BCUT2D eigenvalue weighted by Crippen LogP contribution is 2.40. The van der Waals surface area contributed by atoms with Crippen molar-refractivity contribution in [1.82, 2.24) is 5.32 Å². The first-order valence-electron chi connectivity index (χ1n) is 10.1. The van der Waals surface area contributed by atoms with Crippen molar-refractivity contribution < 1.29 is 19.1 Å². The molecule has 0 aliphatic carbocycles. The number of rotatable bonds is 6. The molecule has 2 aromatic carbocycles. The van der Waals surface area contributed by atoms with E-state index in [0.29, 0.717) is 22.0 Å². The van der Waals surface area contributed by atoms with Crippen LogP contribution in [0.3, 0.4) is 0 Å². The van der Waals surface area contributed by atoms with Gasteiger partial charge in [-0.15, -0.1) is 0 Å². The van der Waals surface area contributed by atoms with Gasteiger partial charge in [0.1, 0.15) is 12.7 Å². The van der Waals surface area contributed by atoms with Crippen LogP contribution >= 0.6 is 11.6 Å². The van der Waals surface area contributed by atoms with Gasteiger partial charge in [0.25, 0.3) is 0 Å². The first-order chi connectivity index (χ1) is 15.3. The number of carbonyl (C=O) groups excluding carboxylic acids is 2. The van der Waals surface area contributed by atoms with E-state index in [0.717, 1.165) is 5.56 Å². The predicted molar refractivity (Wildman–Crippen MR) is 120 cm³/mol. The molecule has 0 bridgehead atoms. The van der Waals surface area contributed by atoms with Gasteiger partial charge in [0.2, 0.25) is 0 Å². The molecular formula is C25H23ClN2O4. The fourth-order valence-corrected chi connectivity index (χ4v) is 3.80. The summed E-state index contributed by atoms with van der Waals surface area (Å²) in [5.74, 6) is -2.01. The minimum atomic E-state index is -0.941. The van der Waals surface area contributed by atoms with E-state index in [4.69, 9.17) is 26.3 Å². The molecule has 0 amide bonds. The highest BCUT2D eigenvalue weighted by molar-refractivity contribution is 6.30. The van der Waals surface area contributed by atoms with Crippen molar-refractivity contribution in [3.63, 3.8) is 0 Å². The summed E-state index contributed by atoms with van der Waals surface area (Å²) in [6.45, 7) is 5.04. The van der Waals surface area contributed by atoms with Gasteiger partial charge in [-0.3, -0.25) is 0 Å². The Bertz CT molecular complexity index is 1130. The van der Waals surface area contributed by atoms with Gasteiger partial charge in [0.05, 0.1) is 17.1 Å². The molecule has 1 aliphatic rings. The number of halogens is 1. The molecule has 2 atom stereocenters. The predicted octanol–water partition coefficient (Wildman–Crippen LogP) is 4.77. The van der Waals surface area contributed by atoms with Gasteiger partial charge in [0, 0.05) is 16.4 Å². The Hall–Kier alpha value is -3.56. The van der Waals surface area contributed by atoms with E-state index < -0.39 is 24.0 Å². The number of hydrogen-bond donors (Lipinski definition) is 1. The van der Waals surface area contributed by atoms with Crippen molar-refractivity contribution in [1.29, 1.82) is 5.26 Å². The molecule has 0 spiro atoms. The van der Waals surface area contributed by atoms with E-state index in [2.05, 4.69) is 5.32 Å². The van der Waals surface area contributed by atoms with Gasteiger partial charge in [-0.2, -0.15) is 5.26 Å². The van der Waals surface area contributed by atoms with Crippen molar-refractivity contribution in [2.24, 2.45) is 0 Å². The van der Waals surface area contributed by atoms with E-state index in [1.54, 1.807) is 38.1 Å². The number of hydrogen-bond acceptors (Lipinski definition) is 6. The summed E-state index contributed by atoms with van der Waals surface area (Å²) < 4.78 is 10.9. The maximum atomic E-state index is 13.2. The molecule has 2 aromatic rings. The molecule has 0 fully saturated rings. The van der Waals surface area contributed by atoms with Gasteiger partial charge in [-0.25, -0.2) is 9.59 Å². The number of nitriles is 1. The number of nitrogens with one attached hydrogen (secondary N) is 1. The second kappa shape index (κ2) is 10.2. The Kier molecular flexibility index (Phi) is 7.34. The lowest BCUT2D eigenvalue weighted by Gasteiger charge is -2.30. The zero-order valence-electron chi connectivity index (χ0n) is 18.0. The largest absolute Gasteiger partial charge is 0.457 e. The van der Waals surface area contributed by atoms with E-state index >= 15 is 0 Å². The Balaban J connectivity index is 2.01. The van der Waals surface area contributed by atoms with E-state index in [1.807, 2.05) is 36.4 Å². The maximum Gasteiger partial charge on any atom is 0.338 e. The molecule has 32 heavy (non-hydrogen) atoms. The number of allylic oxidation sites excluding steroid dienone is 2. The first-order valence-corrected chi connectivity index (χ1v) is 10.4. The van der Waals surface area contributed by atoms with Crippen molar-refractivity contribution in [2.45, 2.75) is 39.4 Å². The van der Waals surface area contributed by atoms with E-state index in [9.17, 15) is 9.59 Å².